The average molecular weight is 1510 g/mol. The summed E-state index contributed by atoms with van der Waals surface area (Å²) in [5.41, 5.74) is 9.78. The molecule has 4 aliphatic rings. The van der Waals surface area contributed by atoms with E-state index in [9.17, 15) is 40.8 Å². The van der Waals surface area contributed by atoms with E-state index in [1.165, 1.54) is 35.5 Å². The Morgan fingerprint density at radius 2 is 0.766 bits per heavy atom. The summed E-state index contributed by atoms with van der Waals surface area (Å²) in [6.07, 6.45) is 11.8. The molecule has 4 aliphatic heterocycles. The lowest BCUT2D eigenvalue weighted by Gasteiger charge is -2.22. The minimum Gasteiger partial charge on any atom is -0.494 e. The third-order valence-corrected chi connectivity index (χ3v) is 18.3. The molecule has 2 N–H and O–H groups in total. The standard InChI is InChI=1S/C48H44N4O9.C16H24O9S2.C14H20O5/c1-56-42-21-36-38(49-25-33-19-31-10-4-6-12-40(31)51(33)47(36)54)23-44(42)60-27-29-16-30(18-35(17-29)59-15-9-8-14-46(53)58-3)28-61-45-24-39-37(22-43(45)57-2)48(55)52-34(26-50-39)20-32-11-5-7-13-41(32)52;1-22-16(17)6-4-5-7-23-15-9-13(11-24-26(2,18)19)8-14(10-15)12-25-27(3,20)21;1-18-14(17)4-2-3-5-19-13-7-11(9-15)6-12(8-13)10-16/h4-7,10-13,16-18,21-26,33-34H,8-9,14-15,19-20,27-28H2,1-3H3;8-10H,4-7,11-12H2,1-3H3;6-8,15-16H,2-5,9-10H2,1H3/t33-,34-;;/m0../s1. The Bertz CT molecular complexity index is 4370. The fraction of sp³-hybridized carbons (Fsp3) is 0.372. The number of aliphatic hydroxyl groups excluding tert-OH is 2. The van der Waals surface area contributed by atoms with Crippen LogP contribution in [-0.4, -0.2) is 149 Å². The molecular weight excluding hydrogens is 1420 g/mol. The molecule has 0 fully saturated rings. The predicted octanol–water partition coefficient (Wildman–Crippen LogP) is 10.9. The lowest BCUT2D eigenvalue weighted by Crippen LogP contribution is -2.37. The molecule has 29 heteroatoms. The minimum atomic E-state index is -3.63. The van der Waals surface area contributed by atoms with Gasteiger partial charge >= 0.3 is 17.9 Å². The molecule has 0 aliphatic carbocycles. The Balaban J connectivity index is 0.000000236. The molecule has 570 valence electrons. The number of aliphatic imine (C=N–C) groups is 2. The van der Waals surface area contributed by atoms with Crippen LogP contribution in [-0.2, 0) is 110 Å². The van der Waals surface area contributed by atoms with Gasteiger partial charge in [-0.1, -0.05) is 48.5 Å². The molecule has 2 amide bonds. The number of benzene rings is 7. The van der Waals surface area contributed by atoms with Gasteiger partial charge in [0.25, 0.3) is 32.1 Å². The molecule has 0 unspecified atom stereocenters. The number of unbranched alkanes of at least 4 members (excludes halogenated alkanes) is 3. The number of carbonyl (C=O) groups is 5. The molecule has 0 bridgehead atoms. The van der Waals surface area contributed by atoms with Gasteiger partial charge in [-0.05, 0) is 150 Å². The summed E-state index contributed by atoms with van der Waals surface area (Å²) in [5.74, 6) is 2.20. The van der Waals surface area contributed by atoms with Gasteiger partial charge in [-0.2, -0.15) is 16.8 Å². The van der Waals surface area contributed by atoms with E-state index >= 15 is 0 Å². The van der Waals surface area contributed by atoms with Crippen LogP contribution in [0.25, 0.3) is 0 Å². The van der Waals surface area contributed by atoms with E-state index in [1.54, 1.807) is 70.5 Å². The van der Waals surface area contributed by atoms with Gasteiger partial charge in [0.05, 0.1) is 129 Å². The number of fused-ring (bicyclic) bond motifs is 8. The van der Waals surface area contributed by atoms with E-state index in [-0.39, 0.29) is 87.9 Å². The molecule has 7 aromatic carbocycles. The number of amides is 2. The van der Waals surface area contributed by atoms with Crippen LogP contribution in [0.1, 0.15) is 123 Å². The molecule has 2 atom stereocenters. The van der Waals surface area contributed by atoms with Crippen molar-refractivity contribution in [2.75, 3.05) is 77.7 Å². The average Bonchev–Trinajstić information content (AvgIpc) is 1.62. The van der Waals surface area contributed by atoms with Gasteiger partial charge in [0.1, 0.15) is 30.5 Å². The van der Waals surface area contributed by atoms with Crippen molar-refractivity contribution >= 4 is 85.1 Å². The Hall–Kier alpha value is -10.4. The number of hydrogen-bond donors (Lipinski definition) is 2. The van der Waals surface area contributed by atoms with Crippen molar-refractivity contribution < 1.29 is 107 Å². The van der Waals surface area contributed by atoms with Gasteiger partial charge < -0.3 is 57.6 Å². The van der Waals surface area contributed by atoms with Crippen LogP contribution in [0, 0.1) is 0 Å². The molecule has 0 aromatic heterocycles. The fourth-order valence-corrected chi connectivity index (χ4v) is 12.7. The highest BCUT2D eigenvalue weighted by atomic mass is 32.2. The third-order valence-electron chi connectivity index (χ3n) is 17.2. The first-order valence-electron chi connectivity index (χ1n) is 34.5. The zero-order valence-corrected chi connectivity index (χ0v) is 62.3. The Kier molecular flexibility index (Phi) is 29.2. The summed E-state index contributed by atoms with van der Waals surface area (Å²) >= 11 is 0. The third kappa shape index (κ3) is 23.3. The molecule has 0 saturated carbocycles. The predicted molar refractivity (Wildman–Crippen MR) is 397 cm³/mol. The SMILES string of the molecule is COC(=O)CCCCOc1cc(CO)cc(CO)c1.COC(=O)CCCCOc1cc(COS(C)(=O)=O)cc(COS(C)(=O)=O)c1.COC(=O)CCCCOc1cc(COc2cc3c(cc2OC)C(=O)N2c4ccccc4C[C@H]2C=N3)cc(COc2cc3c(cc2OC)C(=O)N2c4ccccc4C[C@H]2C=N3)c1. The number of methoxy groups -OCH3 is 5. The first-order chi connectivity index (χ1) is 51.5. The Labute approximate surface area is 622 Å². The zero-order valence-electron chi connectivity index (χ0n) is 60.6. The number of esters is 3. The first kappa shape index (κ1) is 80.7. The maximum absolute atomic E-state index is 13.9. The monoisotopic (exact) mass is 1510 g/mol. The molecule has 0 spiro atoms. The van der Waals surface area contributed by atoms with Crippen LogP contribution in [0.5, 0.6) is 40.2 Å². The molecule has 4 heterocycles. The molecule has 0 saturated heterocycles. The van der Waals surface area contributed by atoms with Crippen molar-refractivity contribution in [2.45, 2.75) is 122 Å². The highest BCUT2D eigenvalue weighted by Gasteiger charge is 2.38. The largest absolute Gasteiger partial charge is 0.494 e. The van der Waals surface area contributed by atoms with Crippen molar-refractivity contribution in [3.05, 3.63) is 183 Å². The fourth-order valence-electron chi connectivity index (χ4n) is 12.0. The lowest BCUT2D eigenvalue weighted by molar-refractivity contribution is -0.141. The Morgan fingerprint density at radius 3 is 1.10 bits per heavy atom. The Morgan fingerprint density at radius 1 is 0.430 bits per heavy atom. The van der Waals surface area contributed by atoms with Gasteiger partial charge in [-0.3, -0.25) is 52.1 Å². The first-order valence-corrected chi connectivity index (χ1v) is 38.1. The minimum absolute atomic E-state index is 0.0907. The topological polar surface area (TPSA) is 336 Å². The number of carbonyl (C=O) groups excluding carboxylic acids is 5. The van der Waals surface area contributed by atoms with Gasteiger partial charge in [-0.25, -0.2) is 0 Å². The van der Waals surface area contributed by atoms with Crippen LogP contribution in [0.2, 0.25) is 0 Å². The van der Waals surface area contributed by atoms with Crippen LogP contribution in [0.15, 0.2) is 137 Å². The molecule has 0 radical (unpaired) electrons. The second-order valence-electron chi connectivity index (χ2n) is 25.2. The van der Waals surface area contributed by atoms with Crippen LogP contribution < -0.4 is 43.0 Å². The van der Waals surface area contributed by atoms with E-state index in [1.807, 2.05) is 79.2 Å². The highest BCUT2D eigenvalue weighted by molar-refractivity contribution is 7.86. The van der Waals surface area contributed by atoms with Crippen molar-refractivity contribution in [3.63, 3.8) is 0 Å². The lowest BCUT2D eigenvalue weighted by atomic mass is 10.1. The second-order valence-corrected chi connectivity index (χ2v) is 28.5. The number of rotatable bonds is 34. The maximum atomic E-state index is 13.9. The second kappa shape index (κ2) is 38.7. The number of aliphatic hydroxyl groups is 2. The smallest absolute Gasteiger partial charge is 0.305 e. The highest BCUT2D eigenvalue weighted by Crippen LogP contribution is 2.44. The van der Waals surface area contributed by atoms with E-state index < -0.39 is 20.2 Å². The molecule has 11 rings (SSSR count). The van der Waals surface area contributed by atoms with Crippen LogP contribution >= 0.6 is 0 Å². The summed E-state index contributed by atoms with van der Waals surface area (Å²) in [7, 11) is -0.113. The van der Waals surface area contributed by atoms with E-state index in [0.717, 1.165) is 52.6 Å². The number of hydrogen-bond acceptors (Lipinski definition) is 25. The van der Waals surface area contributed by atoms with Gasteiger partial charge in [0.15, 0.2) is 23.0 Å². The number of para-hydroxylation sites is 2. The van der Waals surface area contributed by atoms with Crippen molar-refractivity contribution in [3.8, 4) is 40.2 Å². The van der Waals surface area contributed by atoms with Crippen molar-refractivity contribution in [2.24, 2.45) is 9.98 Å². The van der Waals surface area contributed by atoms with Crippen molar-refractivity contribution in [1.29, 1.82) is 0 Å². The van der Waals surface area contributed by atoms with Crippen LogP contribution in [0.4, 0.5) is 22.7 Å². The van der Waals surface area contributed by atoms with E-state index in [2.05, 4.69) is 9.47 Å². The summed E-state index contributed by atoms with van der Waals surface area (Å²) in [4.78, 5) is 74.6. The zero-order chi connectivity index (χ0) is 76.6. The summed E-state index contributed by atoms with van der Waals surface area (Å²) in [6.45, 7) is 0.814. The summed E-state index contributed by atoms with van der Waals surface area (Å²) in [5, 5.41) is 18.2. The number of anilines is 2. The van der Waals surface area contributed by atoms with E-state index in [4.69, 9.17) is 66.5 Å². The molecule has 107 heavy (non-hydrogen) atoms. The number of nitrogens with zero attached hydrogens (tertiary/aromatic N) is 4. The van der Waals surface area contributed by atoms with Gasteiger partial charge in [-0.15, -0.1) is 0 Å². The van der Waals surface area contributed by atoms with Gasteiger partial charge in [0, 0.05) is 68.0 Å². The van der Waals surface area contributed by atoms with Crippen LogP contribution in [0.3, 0.4) is 0 Å². The molecule has 27 nitrogen and oxygen atoms in total. The summed E-state index contributed by atoms with van der Waals surface area (Å²) < 4.78 is 110. The van der Waals surface area contributed by atoms with E-state index in [0.29, 0.717) is 163 Å². The number of ether oxygens (including phenoxy) is 10. The van der Waals surface area contributed by atoms with Crippen molar-refractivity contribution in [1.82, 2.24) is 0 Å². The van der Waals surface area contributed by atoms with Gasteiger partial charge in [0.2, 0.25) is 0 Å². The molecule has 7 aromatic rings. The molecular formula is C78H88N4O23S2. The summed E-state index contributed by atoms with van der Waals surface area (Å²) in [6, 6.07) is 38.0. The maximum Gasteiger partial charge on any atom is 0.305 e. The quantitative estimate of drug-likeness (QED) is 0.0164. The normalized spacial score (nSPS) is 14.3.